The third-order valence-corrected chi connectivity index (χ3v) is 4.72. The number of nitrogens with one attached hydrogen (secondary N) is 1. The first-order chi connectivity index (χ1) is 16.1. The largest absolute Gasteiger partial charge is 0.458 e. The molecule has 3 aromatic carbocycles. The van der Waals surface area contributed by atoms with Crippen molar-refractivity contribution in [1.82, 2.24) is 10.3 Å². The summed E-state index contributed by atoms with van der Waals surface area (Å²) in [4.78, 5) is 28.6. The minimum absolute atomic E-state index is 0.0460. The molecule has 0 aliphatic heterocycles. The normalized spacial score (nSPS) is 10.5. The van der Waals surface area contributed by atoms with Crippen molar-refractivity contribution in [2.75, 3.05) is 6.54 Å². The highest BCUT2D eigenvalue weighted by Gasteiger charge is 2.12. The van der Waals surface area contributed by atoms with Gasteiger partial charge in [0.05, 0.1) is 0 Å². The van der Waals surface area contributed by atoms with Crippen LogP contribution in [-0.2, 0) is 16.1 Å². The van der Waals surface area contributed by atoms with Crippen molar-refractivity contribution in [3.8, 4) is 23.0 Å². The minimum Gasteiger partial charge on any atom is -0.458 e. The lowest BCUT2D eigenvalue weighted by molar-refractivity contribution is -0.143. The number of nitrogens with zero attached hydrogens (tertiary/aromatic N) is 1. The number of amides is 1. The van der Waals surface area contributed by atoms with Crippen molar-refractivity contribution < 1.29 is 23.5 Å². The van der Waals surface area contributed by atoms with Crippen LogP contribution in [0, 0.1) is 6.92 Å². The molecule has 0 spiro atoms. The number of carbonyl (C=O) groups excluding carboxylic acids is 2. The van der Waals surface area contributed by atoms with Gasteiger partial charge < -0.3 is 19.2 Å². The van der Waals surface area contributed by atoms with Crippen LogP contribution < -0.4 is 10.1 Å². The van der Waals surface area contributed by atoms with Crippen LogP contribution in [0.1, 0.15) is 21.6 Å². The monoisotopic (exact) mass is 442 g/mol. The molecule has 0 saturated carbocycles. The molecule has 4 rings (SSSR count). The molecule has 0 atom stereocenters. The molecule has 0 unspecified atom stereocenters. The topological polar surface area (TPSA) is 90.7 Å². The Morgan fingerprint density at radius 1 is 0.909 bits per heavy atom. The number of oxazole rings is 1. The average molecular weight is 442 g/mol. The predicted molar refractivity (Wildman–Crippen MR) is 122 cm³/mol. The molecule has 1 aromatic heterocycles. The van der Waals surface area contributed by atoms with Crippen LogP contribution in [0.2, 0.25) is 0 Å². The zero-order valence-corrected chi connectivity index (χ0v) is 18.0. The third kappa shape index (κ3) is 6.07. The summed E-state index contributed by atoms with van der Waals surface area (Å²) < 4.78 is 16.3. The SMILES string of the molecule is Cc1ccc(-c2nc(COC(=O)CNC(=O)c3ccc(Oc4ccccc4)cc3)co2)cc1. The van der Waals surface area contributed by atoms with Gasteiger partial charge >= 0.3 is 5.97 Å². The van der Waals surface area contributed by atoms with Crippen molar-refractivity contribution in [3.05, 3.63) is 102 Å². The summed E-state index contributed by atoms with van der Waals surface area (Å²) in [5.74, 6) is 0.799. The van der Waals surface area contributed by atoms with Crippen molar-refractivity contribution in [2.24, 2.45) is 0 Å². The smallest absolute Gasteiger partial charge is 0.325 e. The number of hydrogen-bond acceptors (Lipinski definition) is 6. The molecule has 1 amide bonds. The number of rotatable bonds is 8. The van der Waals surface area contributed by atoms with Gasteiger partial charge in [0.15, 0.2) is 0 Å². The Morgan fingerprint density at radius 2 is 1.61 bits per heavy atom. The summed E-state index contributed by atoms with van der Waals surface area (Å²) in [6, 6.07) is 23.7. The maximum Gasteiger partial charge on any atom is 0.325 e. The van der Waals surface area contributed by atoms with Gasteiger partial charge in [0.1, 0.15) is 36.6 Å². The first kappa shape index (κ1) is 21.8. The van der Waals surface area contributed by atoms with Gasteiger partial charge in [-0.05, 0) is 55.5 Å². The maximum absolute atomic E-state index is 12.3. The molecule has 166 valence electrons. The van der Waals surface area contributed by atoms with Crippen molar-refractivity contribution in [2.45, 2.75) is 13.5 Å². The summed E-state index contributed by atoms with van der Waals surface area (Å²) in [5.41, 5.74) is 2.87. The van der Waals surface area contributed by atoms with E-state index >= 15 is 0 Å². The highest BCUT2D eigenvalue weighted by Crippen LogP contribution is 2.21. The van der Waals surface area contributed by atoms with Gasteiger partial charge in [-0.15, -0.1) is 0 Å². The van der Waals surface area contributed by atoms with E-state index in [2.05, 4.69) is 10.3 Å². The summed E-state index contributed by atoms with van der Waals surface area (Å²) in [7, 11) is 0. The second-order valence-electron chi connectivity index (χ2n) is 7.29. The van der Waals surface area contributed by atoms with E-state index in [4.69, 9.17) is 13.9 Å². The highest BCUT2D eigenvalue weighted by atomic mass is 16.5. The molecular weight excluding hydrogens is 420 g/mol. The summed E-state index contributed by atoms with van der Waals surface area (Å²) >= 11 is 0. The number of hydrogen-bond donors (Lipinski definition) is 1. The van der Waals surface area contributed by atoms with E-state index in [1.807, 2.05) is 61.5 Å². The Morgan fingerprint density at radius 3 is 2.33 bits per heavy atom. The van der Waals surface area contributed by atoms with E-state index in [0.717, 1.165) is 11.1 Å². The second-order valence-corrected chi connectivity index (χ2v) is 7.29. The summed E-state index contributed by atoms with van der Waals surface area (Å²) in [6.45, 7) is 1.69. The molecular formula is C26H22N2O5. The van der Waals surface area contributed by atoms with E-state index < -0.39 is 5.97 Å². The quantitative estimate of drug-likeness (QED) is 0.390. The Labute approximate surface area is 191 Å². The van der Waals surface area contributed by atoms with E-state index in [-0.39, 0.29) is 19.1 Å². The number of ether oxygens (including phenoxy) is 2. The van der Waals surface area contributed by atoms with E-state index in [1.165, 1.54) is 6.26 Å². The number of benzene rings is 3. The predicted octanol–water partition coefficient (Wildman–Crippen LogP) is 4.92. The zero-order chi connectivity index (χ0) is 23.0. The molecule has 0 bridgehead atoms. The fraction of sp³-hybridized carbons (Fsp3) is 0.115. The molecule has 0 radical (unpaired) electrons. The van der Waals surface area contributed by atoms with Crippen LogP contribution in [0.25, 0.3) is 11.5 Å². The molecule has 33 heavy (non-hydrogen) atoms. The van der Waals surface area contributed by atoms with E-state index in [0.29, 0.717) is 28.6 Å². The molecule has 0 saturated heterocycles. The van der Waals surface area contributed by atoms with Crippen LogP contribution in [-0.4, -0.2) is 23.4 Å². The van der Waals surface area contributed by atoms with Crippen molar-refractivity contribution in [1.29, 1.82) is 0 Å². The number of para-hydroxylation sites is 1. The van der Waals surface area contributed by atoms with E-state index in [9.17, 15) is 9.59 Å². The van der Waals surface area contributed by atoms with Gasteiger partial charge in [0.25, 0.3) is 5.91 Å². The number of aromatic nitrogens is 1. The molecule has 4 aromatic rings. The van der Waals surface area contributed by atoms with Gasteiger partial charge in [-0.25, -0.2) is 4.98 Å². The zero-order valence-electron chi connectivity index (χ0n) is 18.0. The third-order valence-electron chi connectivity index (χ3n) is 4.72. The fourth-order valence-electron chi connectivity index (χ4n) is 2.96. The molecule has 7 heteroatoms. The second kappa shape index (κ2) is 10.3. The van der Waals surface area contributed by atoms with Crippen molar-refractivity contribution in [3.63, 3.8) is 0 Å². The minimum atomic E-state index is -0.577. The first-order valence-electron chi connectivity index (χ1n) is 10.3. The van der Waals surface area contributed by atoms with Gasteiger partial charge in [0.2, 0.25) is 5.89 Å². The van der Waals surface area contributed by atoms with Crippen molar-refractivity contribution >= 4 is 11.9 Å². The van der Waals surface area contributed by atoms with Crippen LogP contribution >= 0.6 is 0 Å². The molecule has 1 N–H and O–H groups in total. The highest BCUT2D eigenvalue weighted by molar-refractivity contribution is 5.96. The number of esters is 1. The lowest BCUT2D eigenvalue weighted by atomic mass is 10.1. The van der Waals surface area contributed by atoms with Crippen LogP contribution in [0.4, 0.5) is 0 Å². The molecule has 7 nitrogen and oxygen atoms in total. The van der Waals surface area contributed by atoms with Crippen LogP contribution in [0.3, 0.4) is 0 Å². The lowest BCUT2D eigenvalue weighted by Gasteiger charge is -2.07. The van der Waals surface area contributed by atoms with Gasteiger partial charge in [-0.2, -0.15) is 0 Å². The molecule has 0 fully saturated rings. The van der Waals surface area contributed by atoms with Gasteiger partial charge in [0, 0.05) is 11.1 Å². The number of carbonyl (C=O) groups is 2. The van der Waals surface area contributed by atoms with Crippen LogP contribution in [0.5, 0.6) is 11.5 Å². The maximum atomic E-state index is 12.3. The Balaban J connectivity index is 1.22. The fourth-order valence-corrected chi connectivity index (χ4v) is 2.96. The Hall–Kier alpha value is -4.39. The standard InChI is InChI=1S/C26H22N2O5/c1-18-7-9-20(10-8-18)26-28-21(17-32-26)16-31-24(29)15-27-25(30)19-11-13-23(14-12-19)33-22-5-3-2-4-6-22/h2-14,17H,15-16H2,1H3,(H,27,30). The van der Waals surface area contributed by atoms with Crippen LogP contribution in [0.15, 0.2) is 89.5 Å². The Bertz CT molecular complexity index is 1220. The van der Waals surface area contributed by atoms with E-state index in [1.54, 1.807) is 24.3 Å². The van der Waals surface area contributed by atoms with Gasteiger partial charge in [-0.1, -0.05) is 35.9 Å². The summed E-state index contributed by atoms with van der Waals surface area (Å²) in [5, 5.41) is 2.54. The molecule has 1 heterocycles. The number of aryl methyl sites for hydroxylation is 1. The summed E-state index contributed by atoms with van der Waals surface area (Å²) in [6.07, 6.45) is 1.44. The molecule has 0 aliphatic carbocycles. The Kier molecular flexibility index (Phi) is 6.80. The molecule has 0 aliphatic rings. The first-order valence-corrected chi connectivity index (χ1v) is 10.3. The average Bonchev–Trinajstić information content (AvgIpc) is 3.32. The lowest BCUT2D eigenvalue weighted by Crippen LogP contribution is -2.30. The van der Waals surface area contributed by atoms with Gasteiger partial charge in [-0.3, -0.25) is 9.59 Å².